The Bertz CT molecular complexity index is 1750. The second-order valence-electron chi connectivity index (χ2n) is 9.41. The molecular weight excluding hydrogens is 543 g/mol. The summed E-state index contributed by atoms with van der Waals surface area (Å²) in [5, 5.41) is 16.1. The minimum atomic E-state index is -4.55. The highest BCUT2D eigenvalue weighted by Crippen LogP contribution is 2.34. The van der Waals surface area contributed by atoms with Gasteiger partial charge in [-0.3, -0.25) is 9.99 Å². The second kappa shape index (κ2) is 10.2. The van der Waals surface area contributed by atoms with Gasteiger partial charge in [0.05, 0.1) is 19.3 Å². The van der Waals surface area contributed by atoms with Gasteiger partial charge >= 0.3 is 11.9 Å². The Labute approximate surface area is 231 Å². The lowest BCUT2D eigenvalue weighted by molar-refractivity contribution is -0.141. The number of pyridine rings is 1. The minimum absolute atomic E-state index is 0.0710. The highest BCUT2D eigenvalue weighted by molar-refractivity contribution is 6.30. The molecule has 0 saturated heterocycles. The number of halogens is 4. The predicted molar refractivity (Wildman–Crippen MR) is 144 cm³/mol. The number of aromatic nitrogens is 5. The van der Waals surface area contributed by atoms with Crippen LogP contribution in [-0.4, -0.2) is 42.1 Å². The van der Waals surface area contributed by atoms with Crippen LogP contribution >= 0.6 is 11.6 Å². The summed E-state index contributed by atoms with van der Waals surface area (Å²) >= 11 is 6.15. The fourth-order valence-electron chi connectivity index (χ4n) is 4.70. The maximum atomic E-state index is 13.2. The average Bonchev–Trinajstić information content (AvgIpc) is 3.53. The Kier molecular flexibility index (Phi) is 6.59. The van der Waals surface area contributed by atoms with Crippen molar-refractivity contribution in [3.05, 3.63) is 117 Å². The number of alkyl halides is 3. The molecule has 0 spiro atoms. The van der Waals surface area contributed by atoms with Gasteiger partial charge in [0.2, 0.25) is 0 Å². The van der Waals surface area contributed by atoms with E-state index in [4.69, 9.17) is 11.6 Å². The van der Waals surface area contributed by atoms with Crippen LogP contribution in [0.1, 0.15) is 28.3 Å². The van der Waals surface area contributed by atoms with Gasteiger partial charge in [0, 0.05) is 35.5 Å². The number of hydrogen-bond acceptors (Lipinski definition) is 6. The Balaban J connectivity index is 1.38. The fourth-order valence-corrected chi connectivity index (χ4v) is 4.83. The Morgan fingerprint density at radius 1 is 0.925 bits per heavy atom. The Hall–Kier alpha value is -4.51. The smallest absolute Gasteiger partial charge is 0.292 e. The largest absolute Gasteiger partial charge is 0.433 e. The molecule has 1 unspecified atom stereocenters. The molecule has 6 rings (SSSR count). The fraction of sp³-hybridized carbons (Fsp3) is 0.179. The molecule has 12 heteroatoms. The summed E-state index contributed by atoms with van der Waals surface area (Å²) < 4.78 is 41.1. The van der Waals surface area contributed by atoms with E-state index in [2.05, 4.69) is 20.3 Å². The summed E-state index contributed by atoms with van der Waals surface area (Å²) in [5.74, 6) is -0.119. The SMILES string of the molecule is O=c1n(Cc2ccc(C(F)(F)F)nc2)nc2c(-c3ccc(Cl)cc3)c(C3C=NN(Cc4ccccc4)C3)cnn12. The van der Waals surface area contributed by atoms with E-state index in [1.807, 2.05) is 53.7 Å². The van der Waals surface area contributed by atoms with E-state index >= 15 is 0 Å². The highest BCUT2D eigenvalue weighted by Gasteiger charge is 2.32. The van der Waals surface area contributed by atoms with Crippen molar-refractivity contribution in [2.24, 2.45) is 5.10 Å². The first kappa shape index (κ1) is 25.8. The first-order chi connectivity index (χ1) is 19.3. The van der Waals surface area contributed by atoms with Gasteiger partial charge in [-0.05, 0) is 40.5 Å². The maximum Gasteiger partial charge on any atom is 0.433 e. The molecule has 0 aliphatic carbocycles. The van der Waals surface area contributed by atoms with Crippen molar-refractivity contribution in [2.75, 3.05) is 6.54 Å². The van der Waals surface area contributed by atoms with E-state index < -0.39 is 17.6 Å². The maximum absolute atomic E-state index is 13.2. The number of rotatable bonds is 6. The highest BCUT2D eigenvalue weighted by atomic mass is 35.5. The van der Waals surface area contributed by atoms with Crippen molar-refractivity contribution in [2.45, 2.75) is 25.2 Å². The zero-order valence-corrected chi connectivity index (χ0v) is 21.6. The molecule has 0 saturated carbocycles. The molecule has 1 aliphatic heterocycles. The third-order valence-electron chi connectivity index (χ3n) is 6.65. The third-order valence-corrected chi connectivity index (χ3v) is 6.90. The molecule has 202 valence electrons. The van der Waals surface area contributed by atoms with E-state index in [1.54, 1.807) is 18.3 Å². The molecule has 0 amide bonds. The van der Waals surface area contributed by atoms with Crippen LogP contribution in [0.5, 0.6) is 0 Å². The number of fused-ring (bicyclic) bond motifs is 1. The summed E-state index contributed by atoms with van der Waals surface area (Å²) in [7, 11) is 0. The molecule has 1 aliphatic rings. The van der Waals surface area contributed by atoms with Crippen molar-refractivity contribution < 1.29 is 13.2 Å². The van der Waals surface area contributed by atoms with Gasteiger partial charge in [0.25, 0.3) is 0 Å². The van der Waals surface area contributed by atoms with Gasteiger partial charge in [-0.15, -0.1) is 5.10 Å². The van der Waals surface area contributed by atoms with Crippen LogP contribution in [0.4, 0.5) is 13.2 Å². The predicted octanol–water partition coefficient (Wildman–Crippen LogP) is 5.26. The van der Waals surface area contributed by atoms with Crippen LogP contribution < -0.4 is 5.69 Å². The van der Waals surface area contributed by atoms with Crippen LogP contribution in [0.3, 0.4) is 0 Å². The Morgan fingerprint density at radius 2 is 1.70 bits per heavy atom. The van der Waals surface area contributed by atoms with Crippen LogP contribution in [0.2, 0.25) is 5.02 Å². The Morgan fingerprint density at radius 3 is 2.40 bits per heavy atom. The molecule has 2 aromatic carbocycles. The van der Waals surface area contributed by atoms with Crippen molar-refractivity contribution >= 4 is 23.5 Å². The summed E-state index contributed by atoms with van der Waals surface area (Å²) in [6, 6.07) is 19.4. The van der Waals surface area contributed by atoms with Crippen LogP contribution in [0.15, 0.2) is 89.0 Å². The molecular formula is C28H21ClF3N7O. The molecule has 4 heterocycles. The molecule has 3 aromatic heterocycles. The van der Waals surface area contributed by atoms with Gasteiger partial charge in [-0.1, -0.05) is 60.1 Å². The quantitative estimate of drug-likeness (QED) is 0.282. The lowest BCUT2D eigenvalue weighted by Crippen LogP contribution is -2.23. The van der Waals surface area contributed by atoms with Crippen molar-refractivity contribution in [1.29, 1.82) is 0 Å². The molecule has 0 N–H and O–H groups in total. The molecule has 0 fully saturated rings. The zero-order valence-electron chi connectivity index (χ0n) is 20.8. The van der Waals surface area contributed by atoms with Crippen molar-refractivity contribution in [3.8, 4) is 11.1 Å². The lowest BCUT2D eigenvalue weighted by Gasteiger charge is -2.18. The average molecular weight is 564 g/mol. The molecule has 40 heavy (non-hydrogen) atoms. The van der Waals surface area contributed by atoms with Crippen LogP contribution in [0, 0.1) is 0 Å². The molecule has 0 bridgehead atoms. The monoisotopic (exact) mass is 563 g/mol. The summed E-state index contributed by atoms with van der Waals surface area (Å²) in [5.41, 5.74) is 2.64. The topological polar surface area (TPSA) is 80.7 Å². The number of hydrogen-bond donors (Lipinski definition) is 0. The van der Waals surface area contributed by atoms with Gasteiger partial charge < -0.3 is 0 Å². The van der Waals surface area contributed by atoms with E-state index in [9.17, 15) is 18.0 Å². The summed E-state index contributed by atoms with van der Waals surface area (Å²) in [4.78, 5) is 16.7. The van der Waals surface area contributed by atoms with Gasteiger partial charge in [-0.25, -0.2) is 9.48 Å². The van der Waals surface area contributed by atoms with Crippen molar-refractivity contribution in [1.82, 2.24) is 29.4 Å². The van der Waals surface area contributed by atoms with E-state index in [-0.39, 0.29) is 12.5 Å². The van der Waals surface area contributed by atoms with E-state index in [0.29, 0.717) is 34.9 Å². The zero-order chi connectivity index (χ0) is 27.9. The van der Waals surface area contributed by atoms with Gasteiger partial charge in [-0.2, -0.15) is 27.9 Å². The number of hydrazone groups is 1. The van der Waals surface area contributed by atoms with E-state index in [0.717, 1.165) is 29.0 Å². The summed E-state index contributed by atoms with van der Waals surface area (Å²) in [6.45, 7) is 1.18. The molecule has 1 atom stereocenters. The van der Waals surface area contributed by atoms with E-state index in [1.165, 1.54) is 15.3 Å². The van der Waals surface area contributed by atoms with Gasteiger partial charge in [0.1, 0.15) is 5.69 Å². The lowest BCUT2D eigenvalue weighted by atomic mass is 9.93. The van der Waals surface area contributed by atoms with Gasteiger partial charge in [0.15, 0.2) is 5.65 Å². The summed E-state index contributed by atoms with van der Waals surface area (Å²) in [6.07, 6.45) is 0.0482. The minimum Gasteiger partial charge on any atom is -0.292 e. The first-order valence-corrected chi connectivity index (χ1v) is 12.7. The third kappa shape index (κ3) is 5.07. The molecule has 8 nitrogen and oxygen atoms in total. The second-order valence-corrected chi connectivity index (χ2v) is 9.85. The van der Waals surface area contributed by atoms with Crippen molar-refractivity contribution in [3.63, 3.8) is 0 Å². The molecule has 0 radical (unpaired) electrons. The standard InChI is InChI=1S/C28H21ClF3N7O/c29-22-9-7-20(8-10-22)25-23(21-13-34-37(17-21)15-18-4-2-1-3-5-18)14-35-39-26(25)36-38(27(39)40)16-19-6-11-24(33-12-19)28(30,31)32/h1-14,21H,15-17H2. The normalized spacial score (nSPS) is 15.3. The number of benzene rings is 2. The van der Waals surface area contributed by atoms with Crippen LogP contribution in [-0.2, 0) is 19.3 Å². The number of nitrogens with zero attached hydrogens (tertiary/aromatic N) is 7. The first-order valence-electron chi connectivity index (χ1n) is 12.4. The van der Waals surface area contributed by atoms with Crippen LogP contribution in [0.25, 0.3) is 16.8 Å². The molecule has 5 aromatic rings.